The van der Waals surface area contributed by atoms with Gasteiger partial charge in [-0.15, -0.1) is 0 Å². The number of fused-ring (bicyclic) bond motifs is 3. The molecule has 136 valence electrons. The Morgan fingerprint density at radius 3 is 2.74 bits per heavy atom. The van der Waals surface area contributed by atoms with Crippen LogP contribution in [0.2, 0.25) is 0 Å². The van der Waals surface area contributed by atoms with E-state index >= 15 is 0 Å². The number of nitrogens with one attached hydrogen (secondary N) is 1. The second kappa shape index (κ2) is 6.62. The first-order valence-electron chi connectivity index (χ1n) is 9.56. The van der Waals surface area contributed by atoms with Crippen LogP contribution < -0.4 is 0 Å². The number of carbonyl (C=O) groups is 1. The molecule has 4 heteroatoms. The van der Waals surface area contributed by atoms with E-state index in [1.54, 1.807) is 0 Å². The first-order chi connectivity index (χ1) is 13.3. The summed E-state index contributed by atoms with van der Waals surface area (Å²) in [5, 5.41) is 1.25. The van der Waals surface area contributed by atoms with Crippen LogP contribution in [0.4, 0.5) is 4.79 Å². The van der Waals surface area contributed by atoms with Gasteiger partial charge in [-0.05, 0) is 36.5 Å². The van der Waals surface area contributed by atoms with Crippen molar-refractivity contribution in [1.29, 1.82) is 0 Å². The average molecular weight is 358 g/mol. The molecule has 0 aliphatic carbocycles. The Morgan fingerprint density at radius 1 is 1.07 bits per heavy atom. The molecule has 0 spiro atoms. The minimum Gasteiger partial charge on any atom is -0.445 e. The number of ether oxygens (including phenoxy) is 1. The molecule has 2 aliphatic heterocycles. The van der Waals surface area contributed by atoms with Gasteiger partial charge in [0, 0.05) is 28.7 Å². The number of para-hydroxylation sites is 1. The summed E-state index contributed by atoms with van der Waals surface area (Å²) >= 11 is 0. The van der Waals surface area contributed by atoms with Crippen molar-refractivity contribution < 1.29 is 9.53 Å². The van der Waals surface area contributed by atoms with Crippen molar-refractivity contribution in [1.82, 2.24) is 9.88 Å². The van der Waals surface area contributed by atoms with E-state index in [2.05, 4.69) is 35.5 Å². The molecule has 0 radical (unpaired) electrons. The molecule has 1 amide bonds. The summed E-state index contributed by atoms with van der Waals surface area (Å²) in [6, 6.07) is 18.6. The summed E-state index contributed by atoms with van der Waals surface area (Å²) in [5.74, 6) is 0. The lowest BCUT2D eigenvalue weighted by Crippen LogP contribution is -2.43. The van der Waals surface area contributed by atoms with Gasteiger partial charge in [0.1, 0.15) is 6.61 Å². The number of benzene rings is 2. The Bertz CT molecular complexity index is 1010. The van der Waals surface area contributed by atoms with Crippen molar-refractivity contribution in [3.63, 3.8) is 0 Å². The van der Waals surface area contributed by atoms with E-state index in [4.69, 9.17) is 4.74 Å². The predicted molar refractivity (Wildman–Crippen MR) is 106 cm³/mol. The molecule has 3 aromatic rings. The number of rotatable bonds is 3. The molecular weight excluding hydrogens is 336 g/mol. The van der Waals surface area contributed by atoms with Gasteiger partial charge in [0.05, 0.1) is 6.04 Å². The van der Waals surface area contributed by atoms with Gasteiger partial charge >= 0.3 is 6.09 Å². The summed E-state index contributed by atoms with van der Waals surface area (Å²) in [6.45, 7) is 0.328. The maximum Gasteiger partial charge on any atom is 0.410 e. The van der Waals surface area contributed by atoms with E-state index in [0.29, 0.717) is 6.61 Å². The lowest BCUT2D eigenvalue weighted by molar-refractivity contribution is 0.0832. The highest BCUT2D eigenvalue weighted by atomic mass is 16.6. The molecule has 0 saturated carbocycles. The molecule has 2 aliphatic rings. The SMILES string of the molecule is O=C(OCc1ccccc1)N1[C@H]2CC[C@@H]1C=C(c1c[nH]c3ccccc13)C2. The highest BCUT2D eigenvalue weighted by Gasteiger charge is 2.40. The fourth-order valence-electron chi connectivity index (χ4n) is 4.45. The number of carbonyl (C=O) groups excluding carboxylic acids is 1. The zero-order chi connectivity index (χ0) is 18.2. The van der Waals surface area contributed by atoms with Gasteiger partial charge in [-0.3, -0.25) is 4.90 Å². The number of hydrogen-bond acceptors (Lipinski definition) is 2. The Kier molecular flexibility index (Phi) is 3.97. The molecule has 1 fully saturated rings. The van der Waals surface area contributed by atoms with Gasteiger partial charge in [0.2, 0.25) is 0 Å². The molecule has 3 heterocycles. The molecule has 4 nitrogen and oxygen atoms in total. The lowest BCUT2D eigenvalue weighted by Gasteiger charge is -2.33. The van der Waals surface area contributed by atoms with Crippen LogP contribution in [0, 0.1) is 0 Å². The average Bonchev–Trinajstić information content (AvgIpc) is 3.25. The lowest BCUT2D eigenvalue weighted by atomic mass is 9.94. The number of amides is 1. The van der Waals surface area contributed by atoms with Gasteiger partial charge in [-0.2, -0.15) is 0 Å². The topological polar surface area (TPSA) is 45.3 Å². The van der Waals surface area contributed by atoms with Gasteiger partial charge in [-0.25, -0.2) is 4.79 Å². The van der Waals surface area contributed by atoms with Gasteiger partial charge in [0.15, 0.2) is 0 Å². The number of aromatic amines is 1. The summed E-state index contributed by atoms with van der Waals surface area (Å²) in [6.07, 6.45) is 7.10. The minimum absolute atomic E-state index is 0.135. The van der Waals surface area contributed by atoms with E-state index in [-0.39, 0.29) is 18.2 Å². The minimum atomic E-state index is -0.194. The van der Waals surface area contributed by atoms with Crippen LogP contribution in [-0.2, 0) is 11.3 Å². The van der Waals surface area contributed by atoms with E-state index in [0.717, 1.165) is 30.3 Å². The van der Waals surface area contributed by atoms with Crippen LogP contribution in [0.25, 0.3) is 16.5 Å². The van der Waals surface area contributed by atoms with Crippen LogP contribution in [0.3, 0.4) is 0 Å². The molecule has 1 N–H and O–H groups in total. The third-order valence-electron chi connectivity index (χ3n) is 5.75. The van der Waals surface area contributed by atoms with E-state index in [1.807, 2.05) is 41.3 Å². The van der Waals surface area contributed by atoms with Crippen molar-refractivity contribution in [2.75, 3.05) is 0 Å². The number of H-pyrrole nitrogens is 1. The molecule has 1 saturated heterocycles. The monoisotopic (exact) mass is 358 g/mol. The predicted octanol–water partition coefficient (Wildman–Crippen LogP) is 5.12. The van der Waals surface area contributed by atoms with Crippen LogP contribution in [-0.4, -0.2) is 28.1 Å². The van der Waals surface area contributed by atoms with Crippen molar-refractivity contribution in [3.05, 3.63) is 78.0 Å². The Balaban J connectivity index is 1.35. The second-order valence-corrected chi connectivity index (χ2v) is 7.39. The van der Waals surface area contributed by atoms with E-state index < -0.39 is 0 Å². The zero-order valence-corrected chi connectivity index (χ0v) is 15.1. The third kappa shape index (κ3) is 2.91. The molecule has 2 bridgehead atoms. The fraction of sp³-hybridized carbons (Fsp3) is 0.261. The maximum absolute atomic E-state index is 12.7. The maximum atomic E-state index is 12.7. The summed E-state index contributed by atoms with van der Waals surface area (Å²) in [5.41, 5.74) is 4.78. The molecule has 27 heavy (non-hydrogen) atoms. The smallest absolute Gasteiger partial charge is 0.410 e. The molecule has 2 aromatic carbocycles. The molecular formula is C23H22N2O2. The normalized spacial score (nSPS) is 21.3. The molecule has 1 aromatic heterocycles. The molecule has 2 atom stereocenters. The molecule has 5 rings (SSSR count). The summed E-state index contributed by atoms with van der Waals surface area (Å²) < 4.78 is 5.60. The van der Waals surface area contributed by atoms with Crippen molar-refractivity contribution in [3.8, 4) is 0 Å². The van der Waals surface area contributed by atoms with E-state index in [9.17, 15) is 4.79 Å². The Labute approximate surface area is 158 Å². The first kappa shape index (κ1) is 16.2. The van der Waals surface area contributed by atoms with Gasteiger partial charge in [0.25, 0.3) is 0 Å². The van der Waals surface area contributed by atoms with Crippen LogP contribution in [0.15, 0.2) is 66.9 Å². The molecule has 0 unspecified atom stereocenters. The quantitative estimate of drug-likeness (QED) is 0.706. The standard InChI is InChI=1S/C23H22N2O2/c26-23(27-15-16-6-2-1-3-7-16)25-18-10-11-19(25)13-17(12-18)21-14-24-22-9-5-4-8-20(21)22/h1-9,12,14,18-19,24H,10-11,13,15H2/t18-,19+/m1/s1. The third-order valence-corrected chi connectivity index (χ3v) is 5.75. The highest BCUT2D eigenvalue weighted by molar-refractivity contribution is 5.93. The summed E-state index contributed by atoms with van der Waals surface area (Å²) in [7, 11) is 0. The summed E-state index contributed by atoms with van der Waals surface area (Å²) in [4.78, 5) is 18.0. The Hall–Kier alpha value is -3.01. The van der Waals surface area contributed by atoms with Gasteiger partial charge in [-0.1, -0.05) is 54.6 Å². The largest absolute Gasteiger partial charge is 0.445 e. The van der Waals surface area contributed by atoms with E-state index in [1.165, 1.54) is 16.5 Å². The number of aromatic nitrogens is 1. The number of hydrogen-bond donors (Lipinski definition) is 1. The van der Waals surface area contributed by atoms with Crippen LogP contribution in [0.5, 0.6) is 0 Å². The van der Waals surface area contributed by atoms with Crippen LogP contribution in [0.1, 0.15) is 30.4 Å². The van der Waals surface area contributed by atoms with Crippen molar-refractivity contribution >= 4 is 22.6 Å². The zero-order valence-electron chi connectivity index (χ0n) is 15.1. The first-order valence-corrected chi connectivity index (χ1v) is 9.56. The van der Waals surface area contributed by atoms with Crippen molar-refractivity contribution in [2.45, 2.75) is 38.0 Å². The fourth-order valence-corrected chi connectivity index (χ4v) is 4.45. The van der Waals surface area contributed by atoms with Crippen molar-refractivity contribution in [2.24, 2.45) is 0 Å². The van der Waals surface area contributed by atoms with Gasteiger partial charge < -0.3 is 9.72 Å². The van der Waals surface area contributed by atoms with Crippen LogP contribution >= 0.6 is 0 Å². The second-order valence-electron chi connectivity index (χ2n) is 7.39. The number of nitrogens with zero attached hydrogens (tertiary/aromatic N) is 1. The highest BCUT2D eigenvalue weighted by Crippen LogP contribution is 2.40. The Morgan fingerprint density at radius 2 is 1.89 bits per heavy atom.